The highest BCUT2D eigenvalue weighted by molar-refractivity contribution is 7.89. The van der Waals surface area contributed by atoms with Crippen LogP contribution in [0.1, 0.15) is 30.3 Å². The normalized spacial score (nSPS) is 16.9. The van der Waals surface area contributed by atoms with Gasteiger partial charge in [-0.2, -0.15) is 4.31 Å². The van der Waals surface area contributed by atoms with Gasteiger partial charge in [-0.3, -0.25) is 4.79 Å². The summed E-state index contributed by atoms with van der Waals surface area (Å²) < 4.78 is 51.1. The monoisotopic (exact) mass is 460 g/mol. The van der Waals surface area contributed by atoms with E-state index in [0.29, 0.717) is 23.8 Å². The van der Waals surface area contributed by atoms with Crippen molar-refractivity contribution in [1.82, 2.24) is 4.31 Å². The molecule has 8 nitrogen and oxygen atoms in total. The zero-order valence-corrected chi connectivity index (χ0v) is 18.0. The third-order valence-electron chi connectivity index (χ3n) is 5.23. The van der Waals surface area contributed by atoms with Gasteiger partial charge in [-0.15, -0.1) is 0 Å². The van der Waals surface area contributed by atoms with E-state index in [9.17, 15) is 22.4 Å². The average molecular weight is 460 g/mol. The third kappa shape index (κ3) is 3.98. The van der Waals surface area contributed by atoms with Crippen LogP contribution in [0, 0.1) is 5.82 Å². The number of para-hydroxylation sites is 1. The van der Waals surface area contributed by atoms with Crippen molar-refractivity contribution in [3.05, 3.63) is 60.1 Å². The van der Waals surface area contributed by atoms with Crippen LogP contribution >= 0.6 is 0 Å². The number of hydrogen-bond acceptors (Lipinski definition) is 6. The number of hydrogen-bond donors (Lipinski definition) is 1. The minimum absolute atomic E-state index is 0.0976. The molecule has 2 heterocycles. The van der Waals surface area contributed by atoms with E-state index in [4.69, 9.17) is 9.15 Å². The first kappa shape index (κ1) is 22.0. The van der Waals surface area contributed by atoms with Gasteiger partial charge in [0.05, 0.1) is 11.5 Å². The van der Waals surface area contributed by atoms with Crippen molar-refractivity contribution in [3.63, 3.8) is 0 Å². The molecule has 0 unspecified atom stereocenters. The topological polar surface area (TPSA) is 106 Å². The van der Waals surface area contributed by atoms with E-state index < -0.39 is 33.8 Å². The van der Waals surface area contributed by atoms with E-state index in [1.807, 2.05) is 0 Å². The van der Waals surface area contributed by atoms with Gasteiger partial charge < -0.3 is 14.5 Å². The molecular formula is C22H21FN2O6S. The minimum Gasteiger partial charge on any atom is -0.460 e. The number of nitrogens with one attached hydrogen (secondary N) is 1. The predicted octanol–water partition coefficient (Wildman–Crippen LogP) is 3.54. The fourth-order valence-corrected chi connectivity index (χ4v) is 5.40. The maximum Gasteiger partial charge on any atom is 0.376 e. The van der Waals surface area contributed by atoms with Crippen molar-refractivity contribution in [2.75, 3.05) is 18.5 Å². The number of anilines is 1. The first-order valence-electron chi connectivity index (χ1n) is 10.1. The molecule has 1 aliphatic heterocycles. The Balaban J connectivity index is 1.65. The van der Waals surface area contributed by atoms with Crippen molar-refractivity contribution < 1.29 is 31.6 Å². The highest BCUT2D eigenvalue weighted by atomic mass is 32.2. The van der Waals surface area contributed by atoms with Gasteiger partial charge in [0.2, 0.25) is 21.7 Å². The second kappa shape index (κ2) is 8.71. The van der Waals surface area contributed by atoms with Crippen LogP contribution < -0.4 is 5.32 Å². The fraction of sp³-hybridized carbons (Fsp3) is 0.273. The van der Waals surface area contributed by atoms with E-state index in [1.54, 1.807) is 31.2 Å². The van der Waals surface area contributed by atoms with Crippen LogP contribution in [0.3, 0.4) is 0 Å². The van der Waals surface area contributed by atoms with Gasteiger partial charge in [0.15, 0.2) is 0 Å². The third-order valence-corrected chi connectivity index (χ3v) is 7.15. The van der Waals surface area contributed by atoms with Crippen LogP contribution in [-0.4, -0.2) is 43.8 Å². The Morgan fingerprint density at radius 3 is 2.62 bits per heavy atom. The summed E-state index contributed by atoms with van der Waals surface area (Å²) in [5.74, 6) is -2.04. The SMILES string of the molecule is CCOC(=O)c1oc2ccccc2c1NC(=O)[C@H]1CCCN1S(=O)(=O)c1ccc(F)cc1. The van der Waals surface area contributed by atoms with Gasteiger partial charge in [0.25, 0.3) is 0 Å². The number of sulfonamides is 1. The Bertz CT molecular complexity index is 1270. The molecule has 1 saturated heterocycles. The molecule has 0 bridgehead atoms. The van der Waals surface area contributed by atoms with Gasteiger partial charge in [0, 0.05) is 11.9 Å². The molecule has 1 aliphatic rings. The molecule has 1 atom stereocenters. The van der Waals surface area contributed by atoms with Crippen LogP contribution in [0.2, 0.25) is 0 Å². The van der Waals surface area contributed by atoms with Crippen LogP contribution in [0.25, 0.3) is 11.0 Å². The van der Waals surface area contributed by atoms with E-state index in [0.717, 1.165) is 16.4 Å². The van der Waals surface area contributed by atoms with E-state index in [1.165, 1.54) is 12.1 Å². The fourth-order valence-electron chi connectivity index (χ4n) is 3.75. The number of carbonyl (C=O) groups is 2. The molecule has 1 aromatic heterocycles. The molecular weight excluding hydrogens is 439 g/mol. The zero-order chi connectivity index (χ0) is 22.9. The summed E-state index contributed by atoms with van der Waals surface area (Å²) in [5, 5.41) is 3.17. The van der Waals surface area contributed by atoms with Crippen molar-refractivity contribution in [2.45, 2.75) is 30.7 Å². The van der Waals surface area contributed by atoms with Crippen LogP contribution in [0.5, 0.6) is 0 Å². The van der Waals surface area contributed by atoms with Crippen LogP contribution in [-0.2, 0) is 19.6 Å². The Morgan fingerprint density at radius 1 is 1.19 bits per heavy atom. The molecule has 3 aromatic rings. The molecule has 0 aliphatic carbocycles. The van der Waals surface area contributed by atoms with E-state index >= 15 is 0 Å². The number of halogens is 1. The van der Waals surface area contributed by atoms with Gasteiger partial charge in [-0.25, -0.2) is 17.6 Å². The lowest BCUT2D eigenvalue weighted by atomic mass is 10.2. The number of ether oxygens (including phenoxy) is 1. The van der Waals surface area contributed by atoms with E-state index in [2.05, 4.69) is 5.32 Å². The number of furan rings is 1. The number of benzene rings is 2. The predicted molar refractivity (Wildman–Crippen MR) is 114 cm³/mol. The van der Waals surface area contributed by atoms with Crippen LogP contribution in [0.4, 0.5) is 10.1 Å². The standard InChI is InChI=1S/C22H21FN2O6S/c1-2-30-22(27)20-19(16-6-3-4-8-18(16)31-20)24-21(26)17-7-5-13-25(17)32(28,29)15-11-9-14(23)10-12-15/h3-4,6,8-12,17H,2,5,7,13H2,1H3,(H,24,26)/t17-/m1/s1. The molecule has 1 fully saturated rings. The lowest BCUT2D eigenvalue weighted by Crippen LogP contribution is -2.43. The number of amides is 1. The molecule has 1 N–H and O–H groups in total. The lowest BCUT2D eigenvalue weighted by molar-refractivity contribution is -0.119. The molecule has 168 valence electrons. The number of rotatable bonds is 6. The zero-order valence-electron chi connectivity index (χ0n) is 17.2. The minimum atomic E-state index is -4.02. The highest BCUT2D eigenvalue weighted by Gasteiger charge is 2.40. The molecule has 10 heteroatoms. The maximum atomic E-state index is 13.2. The van der Waals surface area contributed by atoms with Crippen molar-refractivity contribution in [1.29, 1.82) is 0 Å². The van der Waals surface area contributed by atoms with Crippen LogP contribution in [0.15, 0.2) is 57.8 Å². The number of nitrogens with zero attached hydrogens (tertiary/aromatic N) is 1. The molecule has 0 spiro atoms. The molecule has 4 rings (SSSR count). The number of fused-ring (bicyclic) bond motifs is 1. The summed E-state index contributed by atoms with van der Waals surface area (Å²) in [6, 6.07) is 10.2. The second-order valence-corrected chi connectivity index (χ2v) is 9.13. The van der Waals surface area contributed by atoms with Gasteiger partial charge >= 0.3 is 5.97 Å². The summed E-state index contributed by atoms with van der Waals surface area (Å²) >= 11 is 0. The summed E-state index contributed by atoms with van der Waals surface area (Å²) in [7, 11) is -4.02. The largest absolute Gasteiger partial charge is 0.460 e. The molecule has 2 aromatic carbocycles. The first-order valence-corrected chi connectivity index (χ1v) is 11.5. The highest BCUT2D eigenvalue weighted by Crippen LogP contribution is 2.33. The van der Waals surface area contributed by atoms with Crippen molar-refractivity contribution in [3.8, 4) is 0 Å². The Kier molecular flexibility index (Phi) is 5.98. The summed E-state index contributed by atoms with van der Waals surface area (Å²) in [5.41, 5.74) is 0.517. The average Bonchev–Trinajstić information content (AvgIpc) is 3.40. The van der Waals surface area contributed by atoms with Gasteiger partial charge in [-0.05, 0) is 56.2 Å². The summed E-state index contributed by atoms with van der Waals surface area (Å²) in [4.78, 5) is 25.4. The summed E-state index contributed by atoms with van der Waals surface area (Å²) in [6.45, 7) is 1.92. The Labute approximate surface area is 184 Å². The van der Waals surface area contributed by atoms with E-state index in [-0.39, 0.29) is 29.5 Å². The quantitative estimate of drug-likeness (QED) is 0.564. The first-order chi connectivity index (χ1) is 15.3. The van der Waals surface area contributed by atoms with Crippen molar-refractivity contribution in [2.24, 2.45) is 0 Å². The number of carbonyl (C=O) groups excluding carboxylic acids is 2. The lowest BCUT2D eigenvalue weighted by Gasteiger charge is -2.23. The Morgan fingerprint density at radius 2 is 1.91 bits per heavy atom. The van der Waals surface area contributed by atoms with Gasteiger partial charge in [0.1, 0.15) is 23.1 Å². The Hall–Kier alpha value is -3.24. The molecule has 32 heavy (non-hydrogen) atoms. The molecule has 1 amide bonds. The maximum absolute atomic E-state index is 13.2. The second-order valence-electron chi connectivity index (χ2n) is 7.24. The smallest absolute Gasteiger partial charge is 0.376 e. The molecule has 0 radical (unpaired) electrons. The van der Waals surface area contributed by atoms with Gasteiger partial charge in [-0.1, -0.05) is 12.1 Å². The van der Waals surface area contributed by atoms with Crippen molar-refractivity contribution >= 4 is 38.6 Å². The molecule has 0 saturated carbocycles. The summed E-state index contributed by atoms with van der Waals surface area (Å²) in [6.07, 6.45) is 0.784. The number of esters is 1.